The summed E-state index contributed by atoms with van der Waals surface area (Å²) in [7, 11) is 0. The average Bonchev–Trinajstić information content (AvgIpc) is 3.86. The van der Waals surface area contributed by atoms with Crippen LogP contribution in [0, 0.1) is 0 Å². The van der Waals surface area contributed by atoms with Crippen LogP contribution in [0.5, 0.6) is 0 Å². The summed E-state index contributed by atoms with van der Waals surface area (Å²) in [5, 5.41) is 4.97. The molecule has 2 nitrogen and oxygen atoms in total. The molecule has 3 heteroatoms. The second-order valence-corrected chi connectivity index (χ2v) is 16.7. The third-order valence-corrected chi connectivity index (χ3v) is 13.6. The van der Waals surface area contributed by atoms with Crippen molar-refractivity contribution in [3.8, 4) is 56.2 Å². The largest absolute Gasteiger partial charge is 0.228 e. The zero-order chi connectivity index (χ0) is 39.6. The molecule has 0 bridgehead atoms. The minimum atomic E-state index is -0.505. The molecule has 0 saturated heterocycles. The molecule has 0 N–H and O–H groups in total. The number of rotatable bonds is 6. The van der Waals surface area contributed by atoms with Crippen molar-refractivity contribution in [2.75, 3.05) is 0 Å². The Labute approximate surface area is 352 Å². The Bertz CT molecular complexity index is 3380. The van der Waals surface area contributed by atoms with Gasteiger partial charge in [-0.1, -0.05) is 194 Å². The van der Waals surface area contributed by atoms with Gasteiger partial charge in [-0.25, -0.2) is 9.97 Å². The highest BCUT2D eigenvalue weighted by molar-refractivity contribution is 7.26. The van der Waals surface area contributed by atoms with Gasteiger partial charge < -0.3 is 0 Å². The normalized spacial score (nSPS) is 12.8. The van der Waals surface area contributed by atoms with Crippen molar-refractivity contribution in [1.29, 1.82) is 0 Å². The summed E-state index contributed by atoms with van der Waals surface area (Å²) in [6, 6.07) is 79.2. The number of benzene rings is 9. The van der Waals surface area contributed by atoms with Gasteiger partial charge in [-0.3, -0.25) is 0 Å². The van der Waals surface area contributed by atoms with Gasteiger partial charge >= 0.3 is 0 Å². The van der Waals surface area contributed by atoms with E-state index in [0.717, 1.165) is 33.5 Å². The first-order valence-electron chi connectivity index (χ1n) is 20.5. The molecule has 12 rings (SSSR count). The maximum absolute atomic E-state index is 5.38. The van der Waals surface area contributed by atoms with Crippen LogP contribution in [0.1, 0.15) is 22.3 Å². The van der Waals surface area contributed by atoms with E-state index in [1.165, 1.54) is 70.1 Å². The number of hydrogen-bond donors (Lipinski definition) is 0. The van der Waals surface area contributed by atoms with Crippen LogP contribution in [0.2, 0.25) is 0 Å². The standard InChI is InChI=1S/C57H36N2S/c1-3-16-43(17-4-1)57(44-18-5-2-6-19-44)50-24-11-9-20-46(50)47-33-32-41(35-51(47)57)53-36-52(58-56(59-53)42-31-26-37-14-7-8-15-40(37)34-42)39-29-27-38(28-30-39)45-22-13-23-49-48-21-10-12-25-54(48)60-55(45)49/h1-36H. The Kier molecular flexibility index (Phi) is 7.97. The van der Waals surface area contributed by atoms with Crippen molar-refractivity contribution in [2.45, 2.75) is 5.41 Å². The molecule has 0 amide bonds. The number of fused-ring (bicyclic) bond motifs is 7. The van der Waals surface area contributed by atoms with Crippen LogP contribution in [0.15, 0.2) is 218 Å². The first-order chi connectivity index (χ1) is 29.7. The quantitative estimate of drug-likeness (QED) is 0.168. The van der Waals surface area contributed by atoms with Gasteiger partial charge in [0, 0.05) is 36.9 Å². The summed E-state index contributed by atoms with van der Waals surface area (Å²) in [5.41, 5.74) is 14.3. The second-order valence-electron chi connectivity index (χ2n) is 15.7. The Morgan fingerprint density at radius 1 is 0.350 bits per heavy atom. The zero-order valence-electron chi connectivity index (χ0n) is 32.6. The lowest BCUT2D eigenvalue weighted by atomic mass is 9.67. The van der Waals surface area contributed by atoms with Crippen molar-refractivity contribution in [2.24, 2.45) is 0 Å². The van der Waals surface area contributed by atoms with E-state index in [2.05, 4.69) is 218 Å². The Hall–Kier alpha value is -7.46. The van der Waals surface area contributed by atoms with Crippen molar-refractivity contribution in [1.82, 2.24) is 9.97 Å². The van der Waals surface area contributed by atoms with Crippen LogP contribution in [0.3, 0.4) is 0 Å². The summed E-state index contributed by atoms with van der Waals surface area (Å²) >= 11 is 1.86. The highest BCUT2D eigenvalue weighted by Gasteiger charge is 2.46. The van der Waals surface area contributed by atoms with E-state index in [0.29, 0.717) is 5.82 Å². The number of thiophene rings is 1. The monoisotopic (exact) mass is 780 g/mol. The van der Waals surface area contributed by atoms with Gasteiger partial charge in [-0.15, -0.1) is 11.3 Å². The molecule has 0 fully saturated rings. The fourth-order valence-electron chi connectivity index (χ4n) is 9.60. The van der Waals surface area contributed by atoms with Crippen molar-refractivity contribution < 1.29 is 0 Å². The molecular weight excluding hydrogens is 745 g/mol. The van der Waals surface area contributed by atoms with Crippen LogP contribution in [-0.4, -0.2) is 9.97 Å². The summed E-state index contributed by atoms with van der Waals surface area (Å²) in [6.45, 7) is 0. The maximum atomic E-state index is 5.38. The molecule has 0 saturated carbocycles. The summed E-state index contributed by atoms with van der Waals surface area (Å²) in [6.07, 6.45) is 0. The molecule has 11 aromatic rings. The fourth-order valence-corrected chi connectivity index (χ4v) is 10.8. The molecule has 0 atom stereocenters. The SMILES string of the molecule is c1ccc(C2(c3ccccc3)c3ccccc3-c3ccc(-c4cc(-c5ccc(-c6cccc7c6sc6ccccc67)cc5)nc(-c5ccc6ccccc6c5)n4)cc32)cc1. The minimum absolute atomic E-state index is 0.505. The topological polar surface area (TPSA) is 25.8 Å². The van der Waals surface area contributed by atoms with Crippen molar-refractivity contribution in [3.63, 3.8) is 0 Å². The Morgan fingerprint density at radius 2 is 0.933 bits per heavy atom. The first kappa shape index (κ1) is 34.6. The molecule has 0 spiro atoms. The van der Waals surface area contributed by atoms with E-state index in [9.17, 15) is 0 Å². The fraction of sp³-hybridized carbons (Fsp3) is 0.0175. The molecule has 0 aliphatic heterocycles. The third-order valence-electron chi connectivity index (χ3n) is 12.4. The van der Waals surface area contributed by atoms with E-state index in [-0.39, 0.29) is 0 Å². The number of aromatic nitrogens is 2. The van der Waals surface area contributed by atoms with Gasteiger partial charge in [0.15, 0.2) is 5.82 Å². The smallest absolute Gasteiger partial charge is 0.160 e. The highest BCUT2D eigenvalue weighted by Crippen LogP contribution is 2.56. The third kappa shape index (κ3) is 5.40. The lowest BCUT2D eigenvalue weighted by Gasteiger charge is -2.34. The second kappa shape index (κ2) is 13.8. The van der Waals surface area contributed by atoms with E-state index < -0.39 is 5.41 Å². The van der Waals surface area contributed by atoms with E-state index in [4.69, 9.17) is 9.97 Å². The minimum Gasteiger partial charge on any atom is -0.228 e. The molecule has 280 valence electrons. The first-order valence-corrected chi connectivity index (χ1v) is 21.3. The average molecular weight is 781 g/mol. The van der Waals surface area contributed by atoms with Crippen LogP contribution in [-0.2, 0) is 5.41 Å². The Morgan fingerprint density at radius 3 is 1.73 bits per heavy atom. The number of hydrogen-bond acceptors (Lipinski definition) is 3. The molecule has 2 heterocycles. The summed E-state index contributed by atoms with van der Waals surface area (Å²) in [4.78, 5) is 10.7. The van der Waals surface area contributed by atoms with Gasteiger partial charge in [-0.2, -0.15) is 0 Å². The van der Waals surface area contributed by atoms with E-state index in [1.807, 2.05) is 11.3 Å². The predicted octanol–water partition coefficient (Wildman–Crippen LogP) is 15.0. The van der Waals surface area contributed by atoms with Gasteiger partial charge in [-0.05, 0) is 79.5 Å². The van der Waals surface area contributed by atoms with Crippen molar-refractivity contribution >= 4 is 42.3 Å². The summed E-state index contributed by atoms with van der Waals surface area (Å²) in [5.74, 6) is 0.702. The predicted molar refractivity (Wildman–Crippen MR) is 251 cm³/mol. The van der Waals surface area contributed by atoms with E-state index in [1.54, 1.807) is 0 Å². The van der Waals surface area contributed by atoms with Crippen LogP contribution in [0.25, 0.3) is 87.1 Å². The molecule has 1 aliphatic rings. The van der Waals surface area contributed by atoms with Gasteiger partial charge in [0.25, 0.3) is 0 Å². The Balaban J connectivity index is 1.04. The van der Waals surface area contributed by atoms with E-state index >= 15 is 0 Å². The zero-order valence-corrected chi connectivity index (χ0v) is 33.4. The molecule has 1 aliphatic carbocycles. The molecule has 0 unspecified atom stereocenters. The summed E-state index contributed by atoms with van der Waals surface area (Å²) < 4.78 is 2.63. The lowest BCUT2D eigenvalue weighted by Crippen LogP contribution is -2.28. The number of nitrogens with zero attached hydrogens (tertiary/aromatic N) is 2. The van der Waals surface area contributed by atoms with Crippen LogP contribution < -0.4 is 0 Å². The maximum Gasteiger partial charge on any atom is 0.160 e. The lowest BCUT2D eigenvalue weighted by molar-refractivity contribution is 0.768. The molecule has 9 aromatic carbocycles. The molecule has 0 radical (unpaired) electrons. The van der Waals surface area contributed by atoms with Crippen LogP contribution in [0.4, 0.5) is 0 Å². The van der Waals surface area contributed by atoms with Gasteiger partial charge in [0.05, 0.1) is 16.8 Å². The van der Waals surface area contributed by atoms with Gasteiger partial charge in [0.2, 0.25) is 0 Å². The molecule has 60 heavy (non-hydrogen) atoms. The van der Waals surface area contributed by atoms with Crippen molar-refractivity contribution in [3.05, 3.63) is 241 Å². The molecular formula is C57H36N2S. The highest BCUT2D eigenvalue weighted by atomic mass is 32.1. The molecule has 2 aromatic heterocycles. The van der Waals surface area contributed by atoms with Crippen LogP contribution >= 0.6 is 11.3 Å². The van der Waals surface area contributed by atoms with Gasteiger partial charge in [0.1, 0.15) is 0 Å².